The number of hydrogen-bond acceptors (Lipinski definition) is 4. The molecule has 0 saturated carbocycles. The van der Waals surface area contributed by atoms with Gasteiger partial charge in [0.15, 0.2) is 0 Å². The fourth-order valence-electron chi connectivity index (χ4n) is 4.20. The second kappa shape index (κ2) is 12.4. The molecule has 1 atom stereocenters. The summed E-state index contributed by atoms with van der Waals surface area (Å²) in [5.41, 5.74) is 3.22. The number of nitrogens with one attached hydrogen (secondary N) is 1. The zero-order valence-electron chi connectivity index (χ0n) is 24.2. The van der Waals surface area contributed by atoms with Crippen molar-refractivity contribution in [2.24, 2.45) is 0 Å². The molecule has 0 aromatic heterocycles. The Kier molecular flexibility index (Phi) is 9.69. The lowest BCUT2D eigenvalue weighted by Crippen LogP contribution is -2.54. The quantitative estimate of drug-likeness (QED) is 0.345. The van der Waals surface area contributed by atoms with Crippen molar-refractivity contribution in [2.75, 3.05) is 10.8 Å². The number of amides is 2. The maximum Gasteiger partial charge on any atom is 0.264 e. The van der Waals surface area contributed by atoms with Crippen LogP contribution in [-0.2, 0) is 26.2 Å². The maximum atomic E-state index is 14.0. The van der Waals surface area contributed by atoms with Crippen LogP contribution in [0, 0.1) is 20.8 Å². The number of halogens is 1. The van der Waals surface area contributed by atoms with Gasteiger partial charge in [-0.15, -0.1) is 0 Å². The average molecular weight is 584 g/mol. The fourth-order valence-corrected chi connectivity index (χ4v) is 5.90. The minimum Gasteiger partial charge on any atom is -0.350 e. The summed E-state index contributed by atoms with van der Waals surface area (Å²) in [5.74, 6) is -0.842. The molecule has 0 aliphatic carbocycles. The second-order valence-electron chi connectivity index (χ2n) is 11.2. The first-order valence-corrected chi connectivity index (χ1v) is 14.9. The Morgan fingerprint density at radius 2 is 1.45 bits per heavy atom. The lowest BCUT2D eigenvalue weighted by atomic mass is 10.1. The minimum absolute atomic E-state index is 0.0591. The Morgan fingerprint density at radius 3 is 1.98 bits per heavy atom. The maximum absolute atomic E-state index is 14.0. The number of anilines is 1. The third kappa shape index (κ3) is 7.86. The van der Waals surface area contributed by atoms with Crippen LogP contribution in [0.1, 0.15) is 49.9 Å². The molecular weight excluding hydrogens is 546 g/mol. The number of rotatable bonds is 9. The predicted octanol–water partition coefficient (Wildman–Crippen LogP) is 5.79. The van der Waals surface area contributed by atoms with Gasteiger partial charge in [-0.3, -0.25) is 13.9 Å². The molecule has 214 valence electrons. The van der Waals surface area contributed by atoms with Crippen molar-refractivity contribution in [3.63, 3.8) is 0 Å². The van der Waals surface area contributed by atoms with E-state index in [9.17, 15) is 18.0 Å². The summed E-state index contributed by atoms with van der Waals surface area (Å²) in [5, 5.41) is 3.38. The first kappa shape index (κ1) is 31.2. The molecule has 9 heteroatoms. The van der Waals surface area contributed by atoms with Crippen molar-refractivity contribution in [3.8, 4) is 0 Å². The molecule has 2 amide bonds. The van der Waals surface area contributed by atoms with Crippen LogP contribution in [0.15, 0.2) is 71.6 Å². The Balaban J connectivity index is 2.07. The molecule has 0 aliphatic heterocycles. The zero-order chi connectivity index (χ0) is 29.8. The van der Waals surface area contributed by atoms with Gasteiger partial charge < -0.3 is 10.2 Å². The van der Waals surface area contributed by atoms with Crippen LogP contribution in [0.5, 0.6) is 0 Å². The van der Waals surface area contributed by atoms with Crippen molar-refractivity contribution >= 4 is 39.1 Å². The lowest BCUT2D eigenvalue weighted by molar-refractivity contribution is -0.140. The largest absolute Gasteiger partial charge is 0.350 e. The van der Waals surface area contributed by atoms with Crippen LogP contribution in [0.25, 0.3) is 0 Å². The van der Waals surface area contributed by atoms with E-state index in [-0.39, 0.29) is 17.3 Å². The molecule has 3 aromatic carbocycles. The SMILES string of the molecule is Cc1ccc(CN(C(=O)CN(c2ccc(Cl)cc2C)S(=O)(=O)c2ccc(C)cc2)[C@H](C)C(=O)NC(C)(C)C)cc1. The van der Waals surface area contributed by atoms with Crippen molar-refractivity contribution < 1.29 is 18.0 Å². The van der Waals surface area contributed by atoms with Crippen molar-refractivity contribution in [3.05, 3.63) is 94.0 Å². The summed E-state index contributed by atoms with van der Waals surface area (Å²) in [6.07, 6.45) is 0. The zero-order valence-corrected chi connectivity index (χ0v) is 25.7. The predicted molar refractivity (Wildman–Crippen MR) is 161 cm³/mol. The van der Waals surface area contributed by atoms with Crippen LogP contribution in [0.4, 0.5) is 5.69 Å². The molecule has 3 aromatic rings. The van der Waals surface area contributed by atoms with Crippen LogP contribution in [-0.4, -0.2) is 43.3 Å². The van der Waals surface area contributed by atoms with E-state index in [0.717, 1.165) is 21.0 Å². The monoisotopic (exact) mass is 583 g/mol. The topological polar surface area (TPSA) is 86.8 Å². The Bertz CT molecular complexity index is 1460. The van der Waals surface area contributed by atoms with E-state index >= 15 is 0 Å². The van der Waals surface area contributed by atoms with E-state index < -0.39 is 34.1 Å². The highest BCUT2D eigenvalue weighted by atomic mass is 35.5. The molecule has 0 heterocycles. The number of nitrogens with zero attached hydrogens (tertiary/aromatic N) is 2. The van der Waals surface area contributed by atoms with Crippen LogP contribution in [0.3, 0.4) is 0 Å². The van der Waals surface area contributed by atoms with E-state index in [1.54, 1.807) is 44.2 Å². The summed E-state index contributed by atoms with van der Waals surface area (Å²) < 4.78 is 29.0. The van der Waals surface area contributed by atoms with E-state index in [1.807, 2.05) is 58.9 Å². The minimum atomic E-state index is -4.15. The first-order chi connectivity index (χ1) is 18.6. The summed E-state index contributed by atoms with van der Waals surface area (Å²) >= 11 is 6.17. The molecule has 3 rings (SSSR count). The summed E-state index contributed by atoms with van der Waals surface area (Å²) in [6, 6.07) is 18.1. The molecule has 40 heavy (non-hydrogen) atoms. The van der Waals surface area contributed by atoms with Gasteiger partial charge in [-0.1, -0.05) is 59.1 Å². The number of carbonyl (C=O) groups excluding carboxylic acids is 2. The highest BCUT2D eigenvalue weighted by Gasteiger charge is 2.34. The molecule has 0 spiro atoms. The highest BCUT2D eigenvalue weighted by molar-refractivity contribution is 7.92. The van der Waals surface area contributed by atoms with Crippen LogP contribution >= 0.6 is 11.6 Å². The number of aryl methyl sites for hydroxylation is 3. The van der Waals surface area contributed by atoms with Gasteiger partial charge in [-0.2, -0.15) is 0 Å². The van der Waals surface area contributed by atoms with Gasteiger partial charge in [-0.25, -0.2) is 8.42 Å². The third-order valence-corrected chi connectivity index (χ3v) is 8.46. The second-order valence-corrected chi connectivity index (χ2v) is 13.5. The van der Waals surface area contributed by atoms with Crippen molar-refractivity contribution in [1.82, 2.24) is 10.2 Å². The number of benzene rings is 3. The Labute approximate surface area is 243 Å². The van der Waals surface area contributed by atoms with Crippen LogP contribution in [0.2, 0.25) is 5.02 Å². The summed E-state index contributed by atoms with van der Waals surface area (Å²) in [4.78, 5) is 28.7. The number of hydrogen-bond donors (Lipinski definition) is 1. The van der Waals surface area contributed by atoms with Gasteiger partial charge in [0.1, 0.15) is 12.6 Å². The Morgan fingerprint density at radius 1 is 0.900 bits per heavy atom. The summed E-state index contributed by atoms with van der Waals surface area (Å²) in [7, 11) is -4.15. The first-order valence-electron chi connectivity index (χ1n) is 13.1. The number of carbonyl (C=O) groups is 2. The summed E-state index contributed by atoms with van der Waals surface area (Å²) in [6.45, 7) is 12.5. The molecule has 0 saturated heterocycles. The molecule has 0 radical (unpaired) electrons. The van der Waals surface area contributed by atoms with Gasteiger partial charge in [-0.05, 0) is 89.9 Å². The molecule has 0 unspecified atom stereocenters. The van der Waals surface area contributed by atoms with Crippen molar-refractivity contribution in [2.45, 2.75) is 71.5 Å². The van der Waals surface area contributed by atoms with E-state index in [4.69, 9.17) is 11.6 Å². The van der Waals surface area contributed by atoms with Gasteiger partial charge >= 0.3 is 0 Å². The van der Waals surface area contributed by atoms with Crippen LogP contribution < -0.4 is 9.62 Å². The van der Waals surface area contributed by atoms with E-state index in [0.29, 0.717) is 16.3 Å². The lowest BCUT2D eigenvalue weighted by Gasteiger charge is -2.34. The van der Waals surface area contributed by atoms with Gasteiger partial charge in [0.25, 0.3) is 10.0 Å². The molecule has 0 aliphatic rings. The standard InChI is InChI=1S/C31H38ClN3O4S/c1-21-8-12-25(13-9-21)19-34(24(4)30(37)33-31(5,6)7)29(36)20-35(28-17-14-26(32)18-23(28)3)40(38,39)27-15-10-22(2)11-16-27/h8-18,24H,19-20H2,1-7H3,(H,33,37)/t24-/m1/s1. The smallest absolute Gasteiger partial charge is 0.264 e. The Hall–Kier alpha value is -3.36. The molecule has 0 fully saturated rings. The van der Waals surface area contributed by atoms with Crippen molar-refractivity contribution in [1.29, 1.82) is 0 Å². The molecule has 7 nitrogen and oxygen atoms in total. The number of sulfonamides is 1. The van der Waals surface area contributed by atoms with Gasteiger partial charge in [0, 0.05) is 17.1 Å². The normalized spacial score (nSPS) is 12.5. The third-order valence-electron chi connectivity index (χ3n) is 6.45. The van der Waals surface area contributed by atoms with E-state index in [1.165, 1.54) is 17.0 Å². The highest BCUT2D eigenvalue weighted by Crippen LogP contribution is 2.29. The van der Waals surface area contributed by atoms with Gasteiger partial charge in [0.2, 0.25) is 11.8 Å². The van der Waals surface area contributed by atoms with E-state index in [2.05, 4.69) is 5.32 Å². The average Bonchev–Trinajstić information content (AvgIpc) is 2.86. The van der Waals surface area contributed by atoms with Gasteiger partial charge in [0.05, 0.1) is 10.6 Å². The fraction of sp³-hybridized carbons (Fsp3) is 0.355. The molecular formula is C31H38ClN3O4S. The molecule has 1 N–H and O–H groups in total. The molecule has 0 bridgehead atoms.